The maximum absolute atomic E-state index is 6.06. The van der Waals surface area contributed by atoms with Crippen LogP contribution in [0.4, 0.5) is 5.69 Å². The molecule has 1 fully saturated rings. The Kier molecular flexibility index (Phi) is 3.34. The van der Waals surface area contributed by atoms with E-state index in [2.05, 4.69) is 26.9 Å². The standard InChI is InChI=1S/C11H13BrClN/c12-11-9(13)5-4-6-10(11)14-7-2-1-3-8-14/h4-6H,1-3,7-8H2. The summed E-state index contributed by atoms with van der Waals surface area (Å²) in [5, 5.41) is 0.799. The maximum Gasteiger partial charge on any atom is 0.0595 e. The van der Waals surface area contributed by atoms with Crippen LogP contribution >= 0.6 is 27.5 Å². The van der Waals surface area contributed by atoms with E-state index in [1.54, 1.807) is 0 Å². The summed E-state index contributed by atoms with van der Waals surface area (Å²) in [6.45, 7) is 2.30. The van der Waals surface area contributed by atoms with E-state index in [9.17, 15) is 0 Å². The molecule has 0 spiro atoms. The highest BCUT2D eigenvalue weighted by atomic mass is 79.9. The van der Waals surface area contributed by atoms with Crippen LogP contribution in [0.15, 0.2) is 22.7 Å². The molecule has 14 heavy (non-hydrogen) atoms. The Labute approximate surface area is 98.2 Å². The van der Waals surface area contributed by atoms with Gasteiger partial charge in [-0.25, -0.2) is 0 Å². The van der Waals surface area contributed by atoms with Crippen molar-refractivity contribution in [3.8, 4) is 0 Å². The van der Waals surface area contributed by atoms with Crippen LogP contribution in [0.3, 0.4) is 0 Å². The second-order valence-corrected chi connectivity index (χ2v) is 4.82. The lowest BCUT2D eigenvalue weighted by molar-refractivity contribution is 0.577. The molecule has 0 amide bonds. The van der Waals surface area contributed by atoms with Gasteiger partial charge in [0, 0.05) is 13.1 Å². The van der Waals surface area contributed by atoms with Gasteiger partial charge in [0.25, 0.3) is 0 Å². The molecule has 0 N–H and O–H groups in total. The van der Waals surface area contributed by atoms with E-state index in [0.29, 0.717) is 0 Å². The summed E-state index contributed by atoms with van der Waals surface area (Å²) in [5.41, 5.74) is 1.23. The van der Waals surface area contributed by atoms with Crippen molar-refractivity contribution >= 4 is 33.2 Å². The van der Waals surface area contributed by atoms with Gasteiger partial charge in [0.05, 0.1) is 15.2 Å². The van der Waals surface area contributed by atoms with E-state index in [1.165, 1.54) is 24.9 Å². The topological polar surface area (TPSA) is 3.24 Å². The first-order valence-electron chi connectivity index (χ1n) is 4.98. The molecule has 1 aromatic rings. The van der Waals surface area contributed by atoms with E-state index in [-0.39, 0.29) is 0 Å². The molecule has 0 unspecified atom stereocenters. The van der Waals surface area contributed by atoms with Crippen LogP contribution in [-0.4, -0.2) is 13.1 Å². The summed E-state index contributed by atoms with van der Waals surface area (Å²) in [6.07, 6.45) is 3.94. The van der Waals surface area contributed by atoms with Gasteiger partial charge in [-0.3, -0.25) is 0 Å². The first kappa shape index (κ1) is 10.3. The van der Waals surface area contributed by atoms with E-state index < -0.39 is 0 Å². The Balaban J connectivity index is 2.26. The molecular weight excluding hydrogens is 261 g/mol. The maximum atomic E-state index is 6.06. The highest BCUT2D eigenvalue weighted by Crippen LogP contribution is 2.33. The van der Waals surface area contributed by atoms with Crippen LogP contribution in [0, 0.1) is 0 Å². The highest BCUT2D eigenvalue weighted by Gasteiger charge is 2.14. The number of nitrogens with zero attached hydrogens (tertiary/aromatic N) is 1. The predicted octanol–water partition coefficient (Wildman–Crippen LogP) is 4.09. The van der Waals surface area contributed by atoms with Gasteiger partial charge in [0.2, 0.25) is 0 Å². The van der Waals surface area contributed by atoms with E-state index >= 15 is 0 Å². The zero-order valence-electron chi connectivity index (χ0n) is 7.97. The van der Waals surface area contributed by atoms with Gasteiger partial charge in [0.15, 0.2) is 0 Å². The van der Waals surface area contributed by atoms with Crippen molar-refractivity contribution in [3.05, 3.63) is 27.7 Å². The monoisotopic (exact) mass is 273 g/mol. The van der Waals surface area contributed by atoms with Crippen molar-refractivity contribution in [2.75, 3.05) is 18.0 Å². The van der Waals surface area contributed by atoms with E-state index in [1.807, 2.05) is 12.1 Å². The van der Waals surface area contributed by atoms with Crippen LogP contribution in [0.2, 0.25) is 5.02 Å². The average molecular weight is 275 g/mol. The van der Waals surface area contributed by atoms with Crippen molar-refractivity contribution < 1.29 is 0 Å². The molecular formula is C11H13BrClN. The summed E-state index contributed by atoms with van der Waals surface area (Å²) < 4.78 is 1.03. The molecule has 1 aliphatic rings. The van der Waals surface area contributed by atoms with Gasteiger partial charge in [-0.1, -0.05) is 17.7 Å². The lowest BCUT2D eigenvalue weighted by Crippen LogP contribution is -2.29. The van der Waals surface area contributed by atoms with Gasteiger partial charge in [0.1, 0.15) is 0 Å². The second-order valence-electron chi connectivity index (χ2n) is 3.62. The molecule has 0 aromatic heterocycles. The number of halogens is 2. The first-order chi connectivity index (χ1) is 6.79. The Morgan fingerprint density at radius 1 is 1.14 bits per heavy atom. The molecule has 1 saturated heterocycles. The molecule has 0 saturated carbocycles. The molecule has 0 aliphatic carbocycles. The molecule has 3 heteroatoms. The lowest BCUT2D eigenvalue weighted by atomic mass is 10.1. The van der Waals surface area contributed by atoms with Crippen LogP contribution < -0.4 is 4.90 Å². The molecule has 1 aromatic carbocycles. The lowest BCUT2D eigenvalue weighted by Gasteiger charge is -2.29. The summed E-state index contributed by atoms with van der Waals surface area (Å²) in [5.74, 6) is 0. The summed E-state index contributed by atoms with van der Waals surface area (Å²) >= 11 is 9.60. The zero-order valence-corrected chi connectivity index (χ0v) is 10.3. The molecule has 76 valence electrons. The van der Waals surface area contributed by atoms with Crippen molar-refractivity contribution in [3.63, 3.8) is 0 Å². The van der Waals surface area contributed by atoms with Crippen molar-refractivity contribution in [2.24, 2.45) is 0 Å². The minimum Gasteiger partial charge on any atom is -0.371 e. The smallest absolute Gasteiger partial charge is 0.0595 e. The van der Waals surface area contributed by atoms with Crippen LogP contribution in [0.5, 0.6) is 0 Å². The molecule has 2 rings (SSSR count). The second kappa shape index (κ2) is 4.54. The van der Waals surface area contributed by atoms with Gasteiger partial charge in [-0.15, -0.1) is 0 Å². The number of piperidine rings is 1. The largest absolute Gasteiger partial charge is 0.371 e. The predicted molar refractivity (Wildman–Crippen MR) is 65.2 cm³/mol. The Morgan fingerprint density at radius 2 is 1.86 bits per heavy atom. The highest BCUT2D eigenvalue weighted by molar-refractivity contribution is 9.10. The molecule has 0 radical (unpaired) electrons. The number of anilines is 1. The minimum absolute atomic E-state index is 0.799. The molecule has 1 nitrogen and oxygen atoms in total. The molecule has 1 heterocycles. The molecule has 0 bridgehead atoms. The molecule has 1 aliphatic heterocycles. The number of hydrogen-bond acceptors (Lipinski definition) is 1. The molecule has 0 atom stereocenters. The first-order valence-corrected chi connectivity index (χ1v) is 6.15. The van der Waals surface area contributed by atoms with Crippen LogP contribution in [-0.2, 0) is 0 Å². The normalized spacial score (nSPS) is 17.1. The van der Waals surface area contributed by atoms with Gasteiger partial charge < -0.3 is 4.90 Å². The third-order valence-corrected chi connectivity index (χ3v) is 4.00. The van der Waals surface area contributed by atoms with E-state index in [4.69, 9.17) is 11.6 Å². The van der Waals surface area contributed by atoms with Crippen LogP contribution in [0.25, 0.3) is 0 Å². The zero-order chi connectivity index (χ0) is 9.97. The van der Waals surface area contributed by atoms with Gasteiger partial charge in [-0.05, 0) is 47.3 Å². The van der Waals surface area contributed by atoms with Crippen LogP contribution in [0.1, 0.15) is 19.3 Å². The quantitative estimate of drug-likeness (QED) is 0.745. The summed E-state index contributed by atoms with van der Waals surface area (Å²) in [4.78, 5) is 2.40. The third kappa shape index (κ3) is 2.06. The van der Waals surface area contributed by atoms with E-state index in [0.717, 1.165) is 22.6 Å². The van der Waals surface area contributed by atoms with Gasteiger partial charge in [-0.2, -0.15) is 0 Å². The number of benzene rings is 1. The summed E-state index contributed by atoms with van der Waals surface area (Å²) in [7, 11) is 0. The Hall–Kier alpha value is -0.210. The fourth-order valence-electron chi connectivity index (χ4n) is 1.87. The third-order valence-electron chi connectivity index (χ3n) is 2.63. The number of rotatable bonds is 1. The van der Waals surface area contributed by atoms with Crippen molar-refractivity contribution in [1.82, 2.24) is 0 Å². The van der Waals surface area contributed by atoms with Crippen molar-refractivity contribution in [1.29, 1.82) is 0 Å². The van der Waals surface area contributed by atoms with Gasteiger partial charge >= 0.3 is 0 Å². The average Bonchev–Trinajstić information content (AvgIpc) is 2.23. The number of hydrogen-bond donors (Lipinski definition) is 0. The SMILES string of the molecule is Clc1cccc(N2CCCCC2)c1Br. The minimum atomic E-state index is 0.799. The Bertz CT molecular complexity index is 321. The fourth-order valence-corrected chi connectivity index (χ4v) is 2.56. The summed E-state index contributed by atoms with van der Waals surface area (Å²) in [6, 6.07) is 6.05. The van der Waals surface area contributed by atoms with Crippen molar-refractivity contribution in [2.45, 2.75) is 19.3 Å². The fraction of sp³-hybridized carbons (Fsp3) is 0.455. The Morgan fingerprint density at radius 3 is 2.57 bits per heavy atom.